The van der Waals surface area contributed by atoms with Crippen molar-refractivity contribution in [2.24, 2.45) is 0 Å². The Morgan fingerprint density at radius 2 is 1.81 bits per heavy atom. The predicted molar refractivity (Wildman–Crippen MR) is 102 cm³/mol. The average Bonchev–Trinajstić information content (AvgIpc) is 3.10. The van der Waals surface area contributed by atoms with Crippen molar-refractivity contribution in [1.29, 1.82) is 0 Å². The van der Waals surface area contributed by atoms with Crippen molar-refractivity contribution in [1.82, 2.24) is 19.5 Å². The van der Waals surface area contributed by atoms with E-state index >= 15 is 0 Å². The number of rotatable bonds is 8. The molecule has 0 aliphatic heterocycles. The number of ether oxygens (including phenoxy) is 4. The highest BCUT2D eigenvalue weighted by molar-refractivity contribution is 5.91. The molecule has 0 saturated heterocycles. The fraction of sp³-hybridized carbons (Fsp3) is 0.421. The number of fused-ring (bicyclic) bond motifs is 1. The molecule has 8 nitrogen and oxygen atoms in total. The molecule has 0 bridgehead atoms. The maximum absolute atomic E-state index is 5.55. The number of hydrogen-bond donors (Lipinski definition) is 0. The molecule has 0 N–H and O–H groups in total. The third kappa shape index (κ3) is 3.40. The first-order valence-electron chi connectivity index (χ1n) is 8.67. The van der Waals surface area contributed by atoms with Crippen molar-refractivity contribution in [3.8, 4) is 29.0 Å². The summed E-state index contributed by atoms with van der Waals surface area (Å²) in [5, 5.41) is 0. The summed E-state index contributed by atoms with van der Waals surface area (Å²) in [7, 11) is 6.43. The lowest BCUT2D eigenvalue weighted by atomic mass is 10.1. The minimum atomic E-state index is 0.0982. The van der Waals surface area contributed by atoms with Crippen LogP contribution >= 0.6 is 0 Å². The van der Waals surface area contributed by atoms with Crippen LogP contribution in [0.3, 0.4) is 0 Å². The number of aromatic nitrogens is 4. The second-order valence-corrected chi connectivity index (χ2v) is 5.92. The predicted octanol–water partition coefficient (Wildman–Crippen LogP) is 3.12. The van der Waals surface area contributed by atoms with Crippen LogP contribution in [0.5, 0.6) is 17.8 Å². The lowest BCUT2D eigenvalue weighted by Crippen LogP contribution is -2.14. The summed E-state index contributed by atoms with van der Waals surface area (Å²) in [6.07, 6.45) is 2.62. The molecular formula is C19H24N4O4. The Morgan fingerprint density at radius 1 is 1.00 bits per heavy atom. The van der Waals surface area contributed by atoms with Gasteiger partial charge in [0.15, 0.2) is 0 Å². The van der Waals surface area contributed by atoms with E-state index in [2.05, 4.69) is 21.9 Å². The highest BCUT2D eigenvalue weighted by atomic mass is 16.5. The molecule has 0 aliphatic carbocycles. The molecule has 3 aromatic heterocycles. The van der Waals surface area contributed by atoms with Gasteiger partial charge in [-0.15, -0.1) is 0 Å². The molecule has 0 aliphatic rings. The smallest absolute Gasteiger partial charge is 0.297 e. The SMILES string of the molecule is CCC(COC)n1c(OC)nc2c(-c3ccc(OC)nc3OC)nccc21. The van der Waals surface area contributed by atoms with E-state index in [1.165, 1.54) is 0 Å². The summed E-state index contributed by atoms with van der Waals surface area (Å²) in [6, 6.07) is 6.18. The van der Waals surface area contributed by atoms with Crippen LogP contribution in [0.4, 0.5) is 0 Å². The minimum Gasteiger partial charge on any atom is -0.481 e. The van der Waals surface area contributed by atoms with Crippen molar-refractivity contribution in [3.63, 3.8) is 0 Å². The standard InChI is InChI=1S/C19H24N4O4/c1-6-12(11-24-2)23-14-9-10-20-16(17(14)22-19(23)27-5)13-7-8-15(25-3)21-18(13)26-4/h7-10,12H,6,11H2,1-5H3. The first kappa shape index (κ1) is 18.9. The first-order chi connectivity index (χ1) is 13.2. The molecule has 8 heteroatoms. The highest BCUT2D eigenvalue weighted by Gasteiger charge is 2.23. The van der Waals surface area contributed by atoms with E-state index in [-0.39, 0.29) is 6.04 Å². The first-order valence-corrected chi connectivity index (χ1v) is 8.67. The fourth-order valence-electron chi connectivity index (χ4n) is 3.14. The van der Waals surface area contributed by atoms with Gasteiger partial charge in [-0.2, -0.15) is 9.97 Å². The molecule has 1 atom stereocenters. The largest absolute Gasteiger partial charge is 0.481 e. The molecule has 0 radical (unpaired) electrons. The molecule has 0 amide bonds. The maximum Gasteiger partial charge on any atom is 0.297 e. The highest BCUT2D eigenvalue weighted by Crippen LogP contribution is 2.36. The van der Waals surface area contributed by atoms with E-state index in [0.29, 0.717) is 35.6 Å². The van der Waals surface area contributed by atoms with Crippen LogP contribution in [0.25, 0.3) is 22.3 Å². The zero-order valence-electron chi connectivity index (χ0n) is 16.2. The zero-order chi connectivity index (χ0) is 19.4. The molecule has 144 valence electrons. The fourth-order valence-corrected chi connectivity index (χ4v) is 3.14. The second-order valence-electron chi connectivity index (χ2n) is 5.92. The second kappa shape index (κ2) is 8.22. The van der Waals surface area contributed by atoms with Crippen LogP contribution in [0.15, 0.2) is 24.4 Å². The van der Waals surface area contributed by atoms with E-state index in [1.54, 1.807) is 40.7 Å². The van der Waals surface area contributed by atoms with Gasteiger partial charge in [-0.25, -0.2) is 0 Å². The molecule has 0 aromatic carbocycles. The normalized spacial score (nSPS) is 12.2. The van der Waals surface area contributed by atoms with Crippen molar-refractivity contribution in [2.45, 2.75) is 19.4 Å². The van der Waals surface area contributed by atoms with Gasteiger partial charge in [0.1, 0.15) is 11.2 Å². The molecule has 3 aromatic rings. The number of methoxy groups -OCH3 is 4. The Kier molecular flexibility index (Phi) is 5.75. The van der Waals surface area contributed by atoms with Crippen LogP contribution in [-0.4, -0.2) is 54.6 Å². The van der Waals surface area contributed by atoms with Gasteiger partial charge >= 0.3 is 0 Å². The van der Waals surface area contributed by atoms with Crippen LogP contribution in [0.2, 0.25) is 0 Å². The van der Waals surface area contributed by atoms with Gasteiger partial charge in [0.2, 0.25) is 11.8 Å². The molecule has 1 unspecified atom stereocenters. The quantitative estimate of drug-likeness (QED) is 0.601. The Bertz CT molecular complexity index is 925. The molecule has 27 heavy (non-hydrogen) atoms. The van der Waals surface area contributed by atoms with Gasteiger partial charge < -0.3 is 18.9 Å². The van der Waals surface area contributed by atoms with Crippen molar-refractivity contribution >= 4 is 11.0 Å². The molecule has 3 rings (SSSR count). The minimum absolute atomic E-state index is 0.0982. The summed E-state index contributed by atoms with van der Waals surface area (Å²) >= 11 is 0. The van der Waals surface area contributed by atoms with Gasteiger partial charge in [0.25, 0.3) is 6.01 Å². The van der Waals surface area contributed by atoms with E-state index in [1.807, 2.05) is 16.7 Å². The zero-order valence-corrected chi connectivity index (χ0v) is 16.2. The topological polar surface area (TPSA) is 80.5 Å². The van der Waals surface area contributed by atoms with Gasteiger partial charge in [0, 0.05) is 19.4 Å². The molecule has 0 saturated carbocycles. The summed E-state index contributed by atoms with van der Waals surface area (Å²) in [5.41, 5.74) is 3.03. The monoisotopic (exact) mass is 372 g/mol. The maximum atomic E-state index is 5.55. The molecule has 3 heterocycles. The van der Waals surface area contributed by atoms with Gasteiger partial charge in [-0.3, -0.25) is 9.55 Å². The number of pyridine rings is 2. The van der Waals surface area contributed by atoms with Crippen molar-refractivity contribution < 1.29 is 18.9 Å². The number of nitrogens with zero attached hydrogens (tertiary/aromatic N) is 4. The van der Waals surface area contributed by atoms with Crippen LogP contribution < -0.4 is 14.2 Å². The van der Waals surface area contributed by atoms with Gasteiger partial charge in [-0.1, -0.05) is 6.92 Å². The average molecular weight is 372 g/mol. The lowest BCUT2D eigenvalue weighted by Gasteiger charge is -2.18. The molecule has 0 spiro atoms. The van der Waals surface area contributed by atoms with E-state index < -0.39 is 0 Å². The Labute approximate surface area is 158 Å². The van der Waals surface area contributed by atoms with E-state index in [9.17, 15) is 0 Å². The van der Waals surface area contributed by atoms with E-state index in [0.717, 1.165) is 17.5 Å². The van der Waals surface area contributed by atoms with Crippen molar-refractivity contribution in [3.05, 3.63) is 24.4 Å². The Hall–Kier alpha value is -2.87. The molecule has 0 fully saturated rings. The molecular weight excluding hydrogens is 348 g/mol. The van der Waals surface area contributed by atoms with Gasteiger partial charge in [-0.05, 0) is 18.6 Å². The summed E-state index contributed by atoms with van der Waals surface area (Å²) in [4.78, 5) is 13.6. The van der Waals surface area contributed by atoms with Crippen molar-refractivity contribution in [2.75, 3.05) is 35.0 Å². The van der Waals surface area contributed by atoms with E-state index in [4.69, 9.17) is 18.9 Å². The number of imidazole rings is 1. The summed E-state index contributed by atoms with van der Waals surface area (Å²) in [6.45, 7) is 2.66. The third-order valence-electron chi connectivity index (χ3n) is 4.45. The third-order valence-corrected chi connectivity index (χ3v) is 4.45. The van der Waals surface area contributed by atoms with Crippen LogP contribution in [0.1, 0.15) is 19.4 Å². The summed E-state index contributed by atoms with van der Waals surface area (Å²) in [5.74, 6) is 0.892. The summed E-state index contributed by atoms with van der Waals surface area (Å²) < 4.78 is 23.6. The van der Waals surface area contributed by atoms with Crippen LogP contribution in [-0.2, 0) is 4.74 Å². The van der Waals surface area contributed by atoms with Gasteiger partial charge in [0.05, 0.1) is 45.1 Å². The Balaban J connectivity index is 2.24. The number of hydrogen-bond acceptors (Lipinski definition) is 7. The van der Waals surface area contributed by atoms with Crippen LogP contribution in [0, 0.1) is 0 Å². The Morgan fingerprint density at radius 3 is 2.44 bits per heavy atom. The lowest BCUT2D eigenvalue weighted by molar-refractivity contribution is 0.149.